The average molecular weight is 376 g/mol. The van der Waals surface area contributed by atoms with Crippen molar-refractivity contribution in [2.75, 3.05) is 19.1 Å². The molecule has 2 aromatic rings. The van der Waals surface area contributed by atoms with Gasteiger partial charge < -0.3 is 9.47 Å². The van der Waals surface area contributed by atoms with Gasteiger partial charge in [-0.25, -0.2) is 22.0 Å². The highest BCUT2D eigenvalue weighted by molar-refractivity contribution is 5.77. The zero-order valence-electron chi connectivity index (χ0n) is 13.3. The molecule has 26 heavy (non-hydrogen) atoms. The predicted octanol–water partition coefficient (Wildman–Crippen LogP) is 3.30. The number of hydrazine groups is 1. The number of carbonyl (C=O) groups excluding carboxylic acids is 1. The van der Waals surface area contributed by atoms with Crippen molar-refractivity contribution in [3.05, 3.63) is 53.4 Å². The van der Waals surface area contributed by atoms with Crippen LogP contribution in [0.5, 0.6) is 11.5 Å². The Hall–Kier alpha value is -3.04. The van der Waals surface area contributed by atoms with Crippen LogP contribution in [0.1, 0.15) is 6.42 Å². The highest BCUT2D eigenvalue weighted by Gasteiger charge is 2.25. The highest BCUT2D eigenvalue weighted by atomic mass is 19.2. The van der Waals surface area contributed by atoms with Crippen molar-refractivity contribution in [2.24, 2.45) is 0 Å². The number of nitrogens with one attached hydrogen (secondary N) is 2. The van der Waals surface area contributed by atoms with Crippen molar-refractivity contribution < 1.29 is 36.2 Å². The number of methoxy groups -OCH3 is 1. The second-order valence-corrected chi connectivity index (χ2v) is 4.89. The lowest BCUT2D eigenvalue weighted by molar-refractivity contribution is -0.121. The first-order chi connectivity index (χ1) is 12.3. The van der Waals surface area contributed by atoms with Crippen LogP contribution in [0.4, 0.5) is 27.6 Å². The molecule has 2 rings (SSSR count). The molecule has 1 amide bonds. The van der Waals surface area contributed by atoms with Crippen molar-refractivity contribution in [2.45, 2.75) is 6.42 Å². The Labute approximate surface area is 144 Å². The van der Waals surface area contributed by atoms with Gasteiger partial charge in [-0.1, -0.05) is 0 Å². The molecule has 0 spiro atoms. The van der Waals surface area contributed by atoms with Crippen molar-refractivity contribution in [1.29, 1.82) is 0 Å². The van der Waals surface area contributed by atoms with Crippen LogP contribution in [0.2, 0.25) is 0 Å². The second kappa shape index (κ2) is 8.37. The molecule has 0 aliphatic heterocycles. The fourth-order valence-electron chi connectivity index (χ4n) is 1.84. The molecular weight excluding hydrogens is 363 g/mol. The minimum atomic E-state index is -2.29. The lowest BCUT2D eigenvalue weighted by Gasteiger charge is -2.12. The third-order valence-electron chi connectivity index (χ3n) is 3.19. The van der Waals surface area contributed by atoms with Gasteiger partial charge in [0, 0.05) is 0 Å². The summed E-state index contributed by atoms with van der Waals surface area (Å²) in [7, 11) is 1.50. The molecule has 140 valence electrons. The fraction of sp³-hybridized carbons (Fsp3) is 0.188. The van der Waals surface area contributed by atoms with E-state index < -0.39 is 40.7 Å². The van der Waals surface area contributed by atoms with Gasteiger partial charge in [0.25, 0.3) is 0 Å². The van der Waals surface area contributed by atoms with Crippen LogP contribution in [0, 0.1) is 29.1 Å². The predicted molar refractivity (Wildman–Crippen MR) is 81.1 cm³/mol. The number of halogens is 5. The zero-order valence-corrected chi connectivity index (χ0v) is 13.3. The number of rotatable bonds is 7. The van der Waals surface area contributed by atoms with Crippen molar-refractivity contribution >= 4 is 11.6 Å². The van der Waals surface area contributed by atoms with Crippen LogP contribution in [0.15, 0.2) is 24.3 Å². The van der Waals surface area contributed by atoms with Crippen LogP contribution >= 0.6 is 0 Å². The van der Waals surface area contributed by atoms with Crippen LogP contribution < -0.4 is 20.3 Å². The van der Waals surface area contributed by atoms with Gasteiger partial charge in [-0.3, -0.25) is 15.6 Å². The maximum Gasteiger partial charge on any atom is 0.241 e. The maximum absolute atomic E-state index is 13.4. The summed E-state index contributed by atoms with van der Waals surface area (Å²) in [6, 6.07) is 6.48. The van der Waals surface area contributed by atoms with E-state index >= 15 is 0 Å². The summed E-state index contributed by atoms with van der Waals surface area (Å²) in [5.41, 5.74) is 2.16. The molecule has 0 heterocycles. The van der Waals surface area contributed by atoms with E-state index in [-0.39, 0.29) is 13.0 Å². The summed E-state index contributed by atoms with van der Waals surface area (Å²) in [5.74, 6) is -10.4. The van der Waals surface area contributed by atoms with Gasteiger partial charge in [0.2, 0.25) is 11.7 Å². The number of benzene rings is 2. The number of carbonyl (C=O) groups is 1. The molecule has 2 N–H and O–H groups in total. The van der Waals surface area contributed by atoms with Gasteiger partial charge in [0.05, 0.1) is 20.1 Å². The summed E-state index contributed by atoms with van der Waals surface area (Å²) in [6.07, 6.45) is -0.242. The first-order valence-electron chi connectivity index (χ1n) is 7.18. The van der Waals surface area contributed by atoms with E-state index in [2.05, 4.69) is 0 Å². The molecule has 0 fully saturated rings. The number of hydrogen-bond acceptors (Lipinski definition) is 4. The summed E-state index contributed by atoms with van der Waals surface area (Å²) >= 11 is 0. The number of amides is 1. The smallest absolute Gasteiger partial charge is 0.241 e. The molecule has 0 saturated heterocycles. The molecular formula is C16H13F5N2O3. The summed E-state index contributed by atoms with van der Waals surface area (Å²) < 4.78 is 76.0. The van der Waals surface area contributed by atoms with Gasteiger partial charge >= 0.3 is 0 Å². The largest absolute Gasteiger partial charge is 0.497 e. The molecule has 10 heteroatoms. The zero-order chi connectivity index (χ0) is 19.3. The monoisotopic (exact) mass is 376 g/mol. The molecule has 0 aliphatic rings. The van der Waals surface area contributed by atoms with E-state index in [1.165, 1.54) is 7.11 Å². The van der Waals surface area contributed by atoms with E-state index in [4.69, 9.17) is 9.47 Å². The molecule has 0 unspecified atom stereocenters. The third-order valence-corrected chi connectivity index (χ3v) is 3.19. The van der Waals surface area contributed by atoms with Crippen molar-refractivity contribution in [3.63, 3.8) is 0 Å². The highest BCUT2D eigenvalue weighted by Crippen LogP contribution is 2.26. The van der Waals surface area contributed by atoms with E-state index in [1.807, 2.05) is 5.43 Å². The molecule has 0 aromatic heterocycles. The topological polar surface area (TPSA) is 59.6 Å². The average Bonchev–Trinajstić information content (AvgIpc) is 2.65. The van der Waals surface area contributed by atoms with Gasteiger partial charge in [0.15, 0.2) is 23.3 Å². The van der Waals surface area contributed by atoms with E-state index in [0.29, 0.717) is 11.5 Å². The van der Waals surface area contributed by atoms with Gasteiger partial charge in [0.1, 0.15) is 17.2 Å². The summed E-state index contributed by atoms with van der Waals surface area (Å²) in [6.45, 7) is -0.0864. The fourth-order valence-corrected chi connectivity index (χ4v) is 1.84. The Balaban J connectivity index is 1.87. The van der Waals surface area contributed by atoms with E-state index in [0.717, 1.165) is 0 Å². The van der Waals surface area contributed by atoms with Crippen LogP contribution in [0.25, 0.3) is 0 Å². The second-order valence-electron chi connectivity index (χ2n) is 4.89. The Bertz CT molecular complexity index is 770. The summed E-state index contributed by atoms with van der Waals surface area (Å²) in [5, 5.41) is 0. The molecule has 0 radical (unpaired) electrons. The van der Waals surface area contributed by atoms with Crippen LogP contribution in [-0.2, 0) is 4.79 Å². The minimum Gasteiger partial charge on any atom is -0.497 e. The summed E-state index contributed by atoms with van der Waals surface area (Å²) in [4.78, 5) is 11.6. The van der Waals surface area contributed by atoms with Gasteiger partial charge in [-0.2, -0.15) is 0 Å². The maximum atomic E-state index is 13.4. The Morgan fingerprint density at radius 2 is 1.38 bits per heavy atom. The number of ether oxygens (including phenoxy) is 2. The van der Waals surface area contributed by atoms with E-state index in [9.17, 15) is 26.7 Å². The molecule has 2 aromatic carbocycles. The van der Waals surface area contributed by atoms with Crippen molar-refractivity contribution in [1.82, 2.24) is 5.43 Å². The van der Waals surface area contributed by atoms with Crippen molar-refractivity contribution in [3.8, 4) is 11.5 Å². The number of hydrogen-bond donors (Lipinski definition) is 2. The Morgan fingerprint density at radius 3 is 1.92 bits per heavy atom. The third kappa shape index (κ3) is 4.32. The van der Waals surface area contributed by atoms with Crippen LogP contribution in [-0.4, -0.2) is 19.6 Å². The molecule has 5 nitrogen and oxygen atoms in total. The van der Waals surface area contributed by atoms with Crippen LogP contribution in [0.3, 0.4) is 0 Å². The SMILES string of the molecule is COc1ccc(OCCC(=O)NNc2c(F)c(F)c(F)c(F)c2F)cc1. The molecule has 0 atom stereocenters. The first kappa shape index (κ1) is 19.3. The number of anilines is 1. The van der Waals surface area contributed by atoms with Gasteiger partial charge in [-0.05, 0) is 24.3 Å². The Morgan fingerprint density at radius 1 is 0.885 bits per heavy atom. The van der Waals surface area contributed by atoms with E-state index in [1.54, 1.807) is 29.7 Å². The van der Waals surface area contributed by atoms with Gasteiger partial charge in [-0.15, -0.1) is 0 Å². The lowest BCUT2D eigenvalue weighted by atomic mass is 10.2. The first-order valence-corrected chi connectivity index (χ1v) is 7.18. The molecule has 0 aliphatic carbocycles. The molecule has 0 saturated carbocycles. The normalized spacial score (nSPS) is 10.4. The standard InChI is InChI=1S/C16H13F5N2O3/c1-25-8-2-4-9(5-3-8)26-7-6-10(24)22-23-16-14(20)12(18)11(17)13(19)15(16)21/h2-5,23H,6-7H2,1H3,(H,22,24). The minimum absolute atomic E-state index is 0.0864. The quantitative estimate of drug-likeness (QED) is 0.337. The Kier molecular flexibility index (Phi) is 6.21. The molecule has 0 bridgehead atoms. The lowest BCUT2D eigenvalue weighted by Crippen LogP contribution is -2.31.